The topological polar surface area (TPSA) is 36.4 Å². The second-order valence-corrected chi connectivity index (χ2v) is 9.51. The zero-order valence-electron chi connectivity index (χ0n) is 19.2. The van der Waals surface area contributed by atoms with E-state index in [1.54, 1.807) is 0 Å². The lowest BCUT2D eigenvalue weighted by Gasteiger charge is -2.35. The summed E-state index contributed by atoms with van der Waals surface area (Å²) in [5.74, 6) is 6.34. The maximum absolute atomic E-state index is 10.1. The molecule has 2 aromatic carbocycles. The Bertz CT molecular complexity index is 1160. The molecule has 3 aromatic rings. The van der Waals surface area contributed by atoms with E-state index >= 15 is 0 Å². The molecule has 1 fully saturated rings. The van der Waals surface area contributed by atoms with E-state index in [1.807, 2.05) is 61.7 Å². The second-order valence-electron chi connectivity index (χ2n) is 9.07. The normalized spacial score (nSPS) is 16.2. The summed E-state index contributed by atoms with van der Waals surface area (Å²) in [4.78, 5) is 6.89. The number of pyridine rings is 1. The number of hydrogen-bond acceptors (Lipinski definition) is 3. The molecule has 4 heteroatoms. The number of aliphatic hydroxyl groups is 1. The van der Waals surface area contributed by atoms with Gasteiger partial charge in [0.05, 0.1) is 5.60 Å². The quantitative estimate of drug-likeness (QED) is 0.485. The van der Waals surface area contributed by atoms with Crippen LogP contribution in [0.15, 0.2) is 72.4 Å². The highest BCUT2D eigenvalue weighted by atomic mass is 35.5. The molecule has 4 rings (SSSR count). The van der Waals surface area contributed by atoms with Crippen LogP contribution in [0.4, 0.5) is 0 Å². The molecule has 0 aliphatic carbocycles. The first-order valence-electron chi connectivity index (χ1n) is 11.3. The van der Waals surface area contributed by atoms with Crippen molar-refractivity contribution in [2.45, 2.75) is 32.3 Å². The lowest BCUT2D eigenvalue weighted by atomic mass is 9.93. The largest absolute Gasteiger partial charge is 0.390 e. The molecule has 33 heavy (non-hydrogen) atoms. The summed E-state index contributed by atoms with van der Waals surface area (Å²) in [5, 5.41) is 10.8. The molecule has 1 aromatic heterocycles. The number of halogens is 1. The first-order chi connectivity index (χ1) is 15.9. The summed E-state index contributed by atoms with van der Waals surface area (Å²) in [6.07, 6.45) is 5.74. The molecule has 3 nitrogen and oxygen atoms in total. The Balaban J connectivity index is 1.35. The van der Waals surface area contributed by atoms with Crippen molar-refractivity contribution in [2.24, 2.45) is 0 Å². The Morgan fingerprint density at radius 1 is 1.00 bits per heavy atom. The van der Waals surface area contributed by atoms with Gasteiger partial charge in [-0.25, -0.2) is 4.98 Å². The highest BCUT2D eigenvalue weighted by molar-refractivity contribution is 6.30. The zero-order valence-corrected chi connectivity index (χ0v) is 19.9. The molecule has 168 valence electrons. The van der Waals surface area contributed by atoms with Crippen LogP contribution in [0.1, 0.15) is 43.5 Å². The second kappa shape index (κ2) is 10.4. The van der Waals surface area contributed by atoms with E-state index in [2.05, 4.69) is 46.9 Å². The lowest BCUT2D eigenvalue weighted by Crippen LogP contribution is -2.42. The van der Waals surface area contributed by atoms with Gasteiger partial charge in [-0.3, -0.25) is 4.90 Å². The molecular weight excluding hydrogens is 428 g/mol. The van der Waals surface area contributed by atoms with Crippen molar-refractivity contribution in [2.75, 3.05) is 19.6 Å². The third-order valence-electron chi connectivity index (χ3n) is 6.01. The average Bonchev–Trinajstić information content (AvgIpc) is 2.81. The van der Waals surface area contributed by atoms with Crippen LogP contribution >= 0.6 is 11.6 Å². The van der Waals surface area contributed by atoms with Gasteiger partial charge >= 0.3 is 0 Å². The van der Waals surface area contributed by atoms with Crippen LogP contribution in [0.3, 0.4) is 0 Å². The molecule has 0 unspecified atom stereocenters. The molecule has 0 saturated carbocycles. The molecule has 2 heterocycles. The smallest absolute Gasteiger partial charge is 0.113 e. The monoisotopic (exact) mass is 456 g/mol. The molecule has 0 bridgehead atoms. The third-order valence-corrected chi connectivity index (χ3v) is 6.26. The van der Waals surface area contributed by atoms with Crippen LogP contribution in [-0.2, 0) is 0 Å². The highest BCUT2D eigenvalue weighted by Crippen LogP contribution is 2.22. The Morgan fingerprint density at radius 2 is 1.67 bits per heavy atom. The fraction of sp³-hybridized carbons (Fsp3) is 0.276. The fourth-order valence-electron chi connectivity index (χ4n) is 3.96. The molecule has 1 N–H and O–H groups in total. The van der Waals surface area contributed by atoms with E-state index in [4.69, 9.17) is 11.6 Å². The van der Waals surface area contributed by atoms with Gasteiger partial charge in [0.1, 0.15) is 5.69 Å². The maximum Gasteiger partial charge on any atom is 0.113 e. The van der Waals surface area contributed by atoms with E-state index in [9.17, 15) is 5.11 Å². The first kappa shape index (κ1) is 23.3. The summed E-state index contributed by atoms with van der Waals surface area (Å²) >= 11 is 5.96. The minimum Gasteiger partial charge on any atom is -0.390 e. The van der Waals surface area contributed by atoms with Crippen molar-refractivity contribution in [3.05, 3.63) is 94.3 Å². The van der Waals surface area contributed by atoms with Gasteiger partial charge in [0.15, 0.2) is 0 Å². The summed E-state index contributed by atoms with van der Waals surface area (Å²) in [6, 6.07) is 20.0. The van der Waals surface area contributed by atoms with Crippen molar-refractivity contribution in [1.82, 2.24) is 9.88 Å². The van der Waals surface area contributed by atoms with E-state index in [-0.39, 0.29) is 0 Å². The van der Waals surface area contributed by atoms with E-state index in [0.717, 1.165) is 59.9 Å². The number of aromatic nitrogens is 1. The number of likely N-dealkylation sites (tertiary alicyclic amines) is 1. The number of benzene rings is 2. The van der Waals surface area contributed by atoms with Crippen molar-refractivity contribution in [3.63, 3.8) is 0 Å². The molecule has 0 atom stereocenters. The summed E-state index contributed by atoms with van der Waals surface area (Å²) in [5.41, 5.74) is 5.82. The molecule has 0 spiro atoms. The van der Waals surface area contributed by atoms with Crippen LogP contribution in [-0.4, -0.2) is 40.2 Å². The zero-order chi connectivity index (χ0) is 23.3. The Kier molecular flexibility index (Phi) is 7.30. The van der Waals surface area contributed by atoms with Gasteiger partial charge in [-0.05, 0) is 74.1 Å². The predicted molar refractivity (Wildman–Crippen MR) is 137 cm³/mol. The van der Waals surface area contributed by atoms with E-state index < -0.39 is 5.60 Å². The number of piperidine rings is 1. The van der Waals surface area contributed by atoms with Gasteiger partial charge in [-0.15, -0.1) is 0 Å². The first-order valence-corrected chi connectivity index (χ1v) is 11.7. The Morgan fingerprint density at radius 3 is 2.30 bits per heavy atom. The van der Waals surface area contributed by atoms with Crippen LogP contribution < -0.4 is 0 Å². The van der Waals surface area contributed by atoms with Crippen LogP contribution in [0, 0.1) is 11.8 Å². The lowest BCUT2D eigenvalue weighted by molar-refractivity contribution is -0.00297. The van der Waals surface area contributed by atoms with Crippen molar-refractivity contribution < 1.29 is 5.11 Å². The van der Waals surface area contributed by atoms with Crippen LogP contribution in [0.25, 0.3) is 17.2 Å². The van der Waals surface area contributed by atoms with Crippen molar-refractivity contribution in [1.29, 1.82) is 0 Å². The predicted octanol–water partition coefficient (Wildman–Crippen LogP) is 6.05. The minimum atomic E-state index is -0.501. The van der Waals surface area contributed by atoms with Gasteiger partial charge in [0, 0.05) is 42.0 Å². The number of nitrogens with zero attached hydrogens (tertiary/aromatic N) is 2. The highest BCUT2D eigenvalue weighted by Gasteiger charge is 2.26. The molecule has 1 aliphatic rings. The minimum absolute atomic E-state index is 0.501. The Labute approximate surface area is 201 Å². The van der Waals surface area contributed by atoms with Gasteiger partial charge < -0.3 is 5.11 Å². The summed E-state index contributed by atoms with van der Waals surface area (Å²) in [7, 11) is 0. The average molecular weight is 457 g/mol. The van der Waals surface area contributed by atoms with Gasteiger partial charge in [0.25, 0.3) is 0 Å². The third kappa shape index (κ3) is 6.79. The molecule has 0 radical (unpaired) electrons. The van der Waals surface area contributed by atoms with Crippen LogP contribution in [0.5, 0.6) is 0 Å². The van der Waals surface area contributed by atoms with Gasteiger partial charge in [-0.2, -0.15) is 0 Å². The molecular formula is C29H29ClN2O. The SMILES string of the molecule is CC(=Cc1ccc(C#Cc2ccc(-c3ccc(Cl)cc3)cn2)cc1)CN1CCC(C)(O)CC1. The van der Waals surface area contributed by atoms with E-state index in [1.165, 1.54) is 11.1 Å². The van der Waals surface area contributed by atoms with Gasteiger partial charge in [-0.1, -0.05) is 59.5 Å². The van der Waals surface area contributed by atoms with Crippen LogP contribution in [0.2, 0.25) is 5.02 Å². The standard InChI is InChI=1S/C29H29ClN2O/c1-22(21-32-17-15-29(2,33)16-18-32)19-24-5-3-23(4-6-24)7-13-28-14-10-26(20-31-28)25-8-11-27(30)12-9-25/h3-6,8-12,14,19-20,33H,15-18,21H2,1-2H3. The number of rotatable bonds is 4. The van der Waals surface area contributed by atoms with Gasteiger partial charge in [0.2, 0.25) is 0 Å². The number of hydrogen-bond donors (Lipinski definition) is 1. The van der Waals surface area contributed by atoms with Crippen molar-refractivity contribution in [3.8, 4) is 23.0 Å². The summed E-state index contributed by atoms with van der Waals surface area (Å²) < 4.78 is 0. The fourth-order valence-corrected chi connectivity index (χ4v) is 4.08. The maximum atomic E-state index is 10.1. The van der Waals surface area contributed by atoms with Crippen molar-refractivity contribution >= 4 is 17.7 Å². The van der Waals surface area contributed by atoms with E-state index in [0.29, 0.717) is 0 Å². The molecule has 1 saturated heterocycles. The molecule has 0 amide bonds. The Hall–Kier alpha value is -2.90. The summed E-state index contributed by atoms with van der Waals surface area (Å²) in [6.45, 7) is 6.93. The molecule has 1 aliphatic heterocycles.